The number of carboxylic acids is 1. The molecule has 1 N–H and O–H groups in total. The summed E-state index contributed by atoms with van der Waals surface area (Å²) in [5, 5.41) is 8.94. The van der Waals surface area contributed by atoms with Gasteiger partial charge in [0.2, 0.25) is 0 Å². The Morgan fingerprint density at radius 2 is 1.72 bits per heavy atom. The van der Waals surface area contributed by atoms with Crippen molar-refractivity contribution in [2.24, 2.45) is 0 Å². The van der Waals surface area contributed by atoms with E-state index >= 15 is 0 Å². The Labute approximate surface area is 104 Å². The van der Waals surface area contributed by atoms with E-state index in [0.717, 1.165) is 7.11 Å². The van der Waals surface area contributed by atoms with Gasteiger partial charge in [0.05, 0.1) is 18.2 Å². The Balaban J connectivity index is 3.57. The van der Waals surface area contributed by atoms with Gasteiger partial charge < -0.3 is 9.84 Å². The lowest BCUT2D eigenvalue weighted by Gasteiger charge is -2.20. The van der Waals surface area contributed by atoms with Crippen LogP contribution in [0, 0.1) is 5.82 Å². The molecule has 0 atom stereocenters. The van der Waals surface area contributed by atoms with Gasteiger partial charge in [-0.05, 0) is 23.1 Å². The molecule has 0 aromatic heterocycles. The van der Waals surface area contributed by atoms with Crippen LogP contribution in [0.2, 0.25) is 0 Å². The van der Waals surface area contributed by atoms with Crippen molar-refractivity contribution < 1.29 is 23.8 Å². The van der Waals surface area contributed by atoms with Crippen molar-refractivity contribution in [2.45, 2.75) is 26.2 Å². The second-order valence-corrected chi connectivity index (χ2v) is 4.93. The second-order valence-electron chi connectivity index (χ2n) is 4.93. The maximum absolute atomic E-state index is 13.8. The summed E-state index contributed by atoms with van der Waals surface area (Å²) < 4.78 is 18.3. The van der Waals surface area contributed by atoms with Gasteiger partial charge in [-0.3, -0.25) is 0 Å². The summed E-state index contributed by atoms with van der Waals surface area (Å²) in [6.07, 6.45) is 0. The summed E-state index contributed by atoms with van der Waals surface area (Å²) in [4.78, 5) is 22.4. The first-order valence-corrected chi connectivity index (χ1v) is 5.34. The van der Waals surface area contributed by atoms with Crippen molar-refractivity contribution in [1.82, 2.24) is 0 Å². The molecule has 0 heterocycles. The number of hydrogen-bond acceptors (Lipinski definition) is 3. The number of esters is 1. The first kappa shape index (κ1) is 14.2. The Kier molecular flexibility index (Phi) is 3.74. The molecule has 4 nitrogen and oxygen atoms in total. The number of rotatable bonds is 2. The monoisotopic (exact) mass is 254 g/mol. The Morgan fingerprint density at radius 1 is 1.22 bits per heavy atom. The third kappa shape index (κ3) is 2.67. The number of ether oxygens (including phenoxy) is 1. The van der Waals surface area contributed by atoms with Crippen molar-refractivity contribution in [2.75, 3.05) is 7.11 Å². The van der Waals surface area contributed by atoms with Crippen molar-refractivity contribution in [1.29, 1.82) is 0 Å². The van der Waals surface area contributed by atoms with Crippen LogP contribution in [0.5, 0.6) is 0 Å². The normalized spacial score (nSPS) is 11.2. The summed E-state index contributed by atoms with van der Waals surface area (Å²) in [6.45, 7) is 5.52. The molecule has 0 amide bonds. The molecule has 0 aliphatic heterocycles. The topological polar surface area (TPSA) is 63.6 Å². The highest BCUT2D eigenvalue weighted by atomic mass is 19.1. The summed E-state index contributed by atoms with van der Waals surface area (Å²) in [5.41, 5.74) is -0.729. The molecule has 0 aliphatic rings. The van der Waals surface area contributed by atoms with Crippen LogP contribution in [-0.2, 0) is 10.2 Å². The zero-order valence-corrected chi connectivity index (χ0v) is 10.7. The number of benzene rings is 1. The smallest absolute Gasteiger partial charge is 0.340 e. The molecular weight excluding hydrogens is 239 g/mol. The molecule has 0 radical (unpaired) electrons. The second kappa shape index (κ2) is 4.76. The predicted molar refractivity (Wildman–Crippen MR) is 63.4 cm³/mol. The van der Waals surface area contributed by atoms with Gasteiger partial charge in [-0.2, -0.15) is 0 Å². The molecule has 0 saturated carbocycles. The van der Waals surface area contributed by atoms with Crippen LogP contribution in [0.3, 0.4) is 0 Å². The average Bonchev–Trinajstić information content (AvgIpc) is 2.26. The molecule has 18 heavy (non-hydrogen) atoms. The maximum atomic E-state index is 13.8. The van der Waals surface area contributed by atoms with E-state index in [2.05, 4.69) is 4.74 Å². The van der Waals surface area contributed by atoms with Gasteiger partial charge in [-0.25, -0.2) is 14.0 Å². The fourth-order valence-corrected chi connectivity index (χ4v) is 1.47. The van der Waals surface area contributed by atoms with Gasteiger partial charge in [0.1, 0.15) is 0 Å². The number of methoxy groups -OCH3 is 1. The van der Waals surface area contributed by atoms with E-state index in [1.165, 1.54) is 12.1 Å². The molecule has 5 heteroatoms. The summed E-state index contributed by atoms with van der Waals surface area (Å²) in [5.74, 6) is -3.37. The highest BCUT2D eigenvalue weighted by Gasteiger charge is 2.25. The van der Waals surface area contributed by atoms with Gasteiger partial charge in [0.25, 0.3) is 0 Å². The molecule has 1 aromatic carbocycles. The largest absolute Gasteiger partial charge is 0.478 e. The molecular formula is C13H15FO4. The number of carbonyl (C=O) groups excluding carboxylic acids is 1. The van der Waals surface area contributed by atoms with Gasteiger partial charge in [0.15, 0.2) is 5.82 Å². The fraction of sp³-hybridized carbons (Fsp3) is 0.385. The fourth-order valence-electron chi connectivity index (χ4n) is 1.47. The van der Waals surface area contributed by atoms with Crippen LogP contribution < -0.4 is 0 Å². The zero-order valence-electron chi connectivity index (χ0n) is 10.7. The SMILES string of the molecule is COC(=O)c1cc(C(C)(C)C)cc(C(=O)O)c1F. The van der Waals surface area contributed by atoms with E-state index in [1.807, 2.05) is 20.8 Å². The van der Waals surface area contributed by atoms with E-state index in [-0.39, 0.29) is 5.56 Å². The van der Waals surface area contributed by atoms with E-state index in [4.69, 9.17) is 5.11 Å². The van der Waals surface area contributed by atoms with Crippen LogP contribution in [0.15, 0.2) is 12.1 Å². The zero-order chi connectivity index (χ0) is 14.1. The molecule has 98 valence electrons. The molecule has 1 rings (SSSR count). The van der Waals surface area contributed by atoms with Crippen LogP contribution in [0.4, 0.5) is 4.39 Å². The minimum absolute atomic E-state index is 0.359. The minimum atomic E-state index is -1.41. The van der Waals surface area contributed by atoms with E-state index in [1.54, 1.807) is 0 Å². The van der Waals surface area contributed by atoms with Crippen molar-refractivity contribution in [3.63, 3.8) is 0 Å². The minimum Gasteiger partial charge on any atom is -0.478 e. The number of hydrogen-bond donors (Lipinski definition) is 1. The van der Waals surface area contributed by atoms with E-state index < -0.39 is 28.7 Å². The first-order valence-electron chi connectivity index (χ1n) is 5.34. The molecule has 0 bridgehead atoms. The number of carboxylic acid groups (broad SMARTS) is 1. The molecule has 0 saturated heterocycles. The lowest BCUT2D eigenvalue weighted by atomic mass is 9.85. The molecule has 0 aliphatic carbocycles. The summed E-state index contributed by atoms with van der Waals surface area (Å²) in [6, 6.07) is 2.57. The van der Waals surface area contributed by atoms with Crippen molar-refractivity contribution >= 4 is 11.9 Å². The highest BCUT2D eigenvalue weighted by Crippen LogP contribution is 2.27. The van der Waals surface area contributed by atoms with Crippen molar-refractivity contribution in [3.8, 4) is 0 Å². The van der Waals surface area contributed by atoms with Gasteiger partial charge >= 0.3 is 11.9 Å². The van der Waals surface area contributed by atoms with Crippen LogP contribution in [0.1, 0.15) is 47.1 Å². The molecule has 0 spiro atoms. The molecule has 0 unspecified atom stereocenters. The number of carbonyl (C=O) groups is 2. The Morgan fingerprint density at radius 3 is 2.11 bits per heavy atom. The predicted octanol–water partition coefficient (Wildman–Crippen LogP) is 2.61. The lowest BCUT2D eigenvalue weighted by Crippen LogP contribution is -2.17. The standard InChI is InChI=1S/C13H15FO4/c1-13(2,3)7-5-8(11(15)16)10(14)9(6-7)12(17)18-4/h5-6H,1-4H3,(H,15,16). The third-order valence-corrected chi connectivity index (χ3v) is 2.57. The maximum Gasteiger partial charge on any atom is 0.340 e. The van der Waals surface area contributed by atoms with Crippen molar-refractivity contribution in [3.05, 3.63) is 34.6 Å². The highest BCUT2D eigenvalue weighted by molar-refractivity contribution is 5.95. The molecule has 1 aromatic rings. The third-order valence-electron chi connectivity index (χ3n) is 2.57. The number of aromatic carboxylic acids is 1. The van der Waals surface area contributed by atoms with E-state index in [0.29, 0.717) is 5.56 Å². The van der Waals surface area contributed by atoms with E-state index in [9.17, 15) is 14.0 Å². The Hall–Kier alpha value is -1.91. The lowest BCUT2D eigenvalue weighted by molar-refractivity contribution is 0.0595. The van der Waals surface area contributed by atoms with Gasteiger partial charge in [0, 0.05) is 0 Å². The van der Waals surface area contributed by atoms with Gasteiger partial charge in [-0.15, -0.1) is 0 Å². The summed E-state index contributed by atoms with van der Waals surface area (Å²) >= 11 is 0. The first-order chi connectivity index (χ1) is 8.18. The van der Waals surface area contributed by atoms with Crippen LogP contribution >= 0.6 is 0 Å². The molecule has 0 fully saturated rings. The Bertz CT molecular complexity index is 500. The van der Waals surface area contributed by atoms with Crippen LogP contribution in [-0.4, -0.2) is 24.2 Å². The quantitative estimate of drug-likeness (QED) is 0.824. The number of halogens is 1. The summed E-state index contributed by atoms with van der Waals surface area (Å²) in [7, 11) is 1.12. The average molecular weight is 254 g/mol. The van der Waals surface area contributed by atoms with Gasteiger partial charge in [-0.1, -0.05) is 20.8 Å². The van der Waals surface area contributed by atoms with Crippen LogP contribution in [0.25, 0.3) is 0 Å².